The summed E-state index contributed by atoms with van der Waals surface area (Å²) in [6, 6.07) is 9.73. The minimum Gasteiger partial charge on any atom is -0.480 e. The number of benzene rings is 1. The summed E-state index contributed by atoms with van der Waals surface area (Å²) in [6.45, 7) is 6.28. The number of hydrogen-bond donors (Lipinski definition) is 3. The van der Waals surface area contributed by atoms with E-state index in [0.29, 0.717) is 24.8 Å². The van der Waals surface area contributed by atoms with Crippen LogP contribution in [0.15, 0.2) is 48.8 Å². The third-order valence-corrected chi connectivity index (χ3v) is 7.53. The van der Waals surface area contributed by atoms with E-state index in [1.807, 2.05) is 16.8 Å². The van der Waals surface area contributed by atoms with Crippen LogP contribution in [0.4, 0.5) is 4.79 Å². The smallest absolute Gasteiger partial charge is 0.408 e. The molecule has 1 unspecified atom stereocenters. The van der Waals surface area contributed by atoms with Gasteiger partial charge in [0.1, 0.15) is 35.5 Å². The van der Waals surface area contributed by atoms with E-state index in [4.69, 9.17) is 14.2 Å². The first-order valence-electron chi connectivity index (χ1n) is 12.6. The molecule has 2 aromatic heterocycles. The fourth-order valence-electron chi connectivity index (χ4n) is 3.56. The van der Waals surface area contributed by atoms with Gasteiger partial charge in [0.25, 0.3) is 0 Å². The molecule has 0 fully saturated rings. The van der Waals surface area contributed by atoms with Gasteiger partial charge >= 0.3 is 12.1 Å². The average Bonchev–Trinajstić information content (AvgIpc) is 3.19. The van der Waals surface area contributed by atoms with Crippen molar-refractivity contribution < 1.29 is 28.9 Å². The van der Waals surface area contributed by atoms with Crippen LogP contribution in [0.25, 0.3) is 11.0 Å². The molecule has 0 aliphatic rings. The van der Waals surface area contributed by atoms with Gasteiger partial charge in [0, 0.05) is 18.8 Å². The number of nitrogens with one attached hydrogen (secondary N) is 1. The van der Waals surface area contributed by atoms with Gasteiger partial charge in [-0.1, -0.05) is 12.1 Å². The average molecular weight is 548 g/mol. The molecule has 0 aliphatic heterocycles. The predicted octanol–water partition coefficient (Wildman–Crippen LogP) is 4.91. The summed E-state index contributed by atoms with van der Waals surface area (Å²) >= 11 is 0. The maximum Gasteiger partial charge on any atom is 0.408 e. The van der Waals surface area contributed by atoms with E-state index in [1.54, 1.807) is 57.3 Å². The molecule has 0 aliphatic carbocycles. The van der Waals surface area contributed by atoms with Crippen LogP contribution in [0.1, 0.15) is 26.3 Å². The zero-order valence-electron chi connectivity index (χ0n) is 23.4. The Morgan fingerprint density at radius 3 is 2.37 bits per heavy atom. The first-order valence-corrected chi connectivity index (χ1v) is 16.8. The lowest BCUT2D eigenvalue weighted by Gasteiger charge is -2.46. The van der Waals surface area contributed by atoms with Crippen molar-refractivity contribution in [3.63, 3.8) is 0 Å². The normalized spacial score (nSPS) is 13.9. The largest absolute Gasteiger partial charge is 0.480 e. The van der Waals surface area contributed by atoms with Gasteiger partial charge in [-0.3, -0.25) is 9.16 Å². The second kappa shape index (κ2) is 11.2. The standard InChI is InChI=1S/C28H41N3O6S/c1-28(2,3)37-27(34)30-23(26(32)33)18-20-8-10-21(11-9-20)36-24-12-14-29-25-22(24)13-15-31(25)19-35-16-17-38(4,5,6)7/h8-15,23,38H,16-19H2,1-7H3,(H,30,34)(H,32,33). The minimum atomic E-state index is -1.60. The molecule has 0 saturated heterocycles. The van der Waals surface area contributed by atoms with Crippen LogP contribution >= 0.6 is 9.16 Å². The number of aromatic nitrogens is 2. The molecule has 1 amide bonds. The Morgan fingerprint density at radius 2 is 1.76 bits per heavy atom. The summed E-state index contributed by atoms with van der Waals surface area (Å²) in [4.78, 5) is 28.2. The molecule has 3 rings (SSSR count). The van der Waals surface area contributed by atoms with Crippen LogP contribution in [-0.2, 0) is 27.4 Å². The summed E-state index contributed by atoms with van der Waals surface area (Å²) in [5.41, 5.74) is 0.788. The first kappa shape index (κ1) is 29.3. The highest BCUT2D eigenvalue weighted by molar-refractivity contribution is 8.47. The molecule has 9 nitrogen and oxygen atoms in total. The highest BCUT2D eigenvalue weighted by Gasteiger charge is 2.24. The number of carbonyl (C=O) groups is 2. The molecule has 10 heteroatoms. The van der Waals surface area contributed by atoms with Crippen molar-refractivity contribution in [1.82, 2.24) is 14.9 Å². The van der Waals surface area contributed by atoms with E-state index in [2.05, 4.69) is 35.3 Å². The number of amides is 1. The van der Waals surface area contributed by atoms with Crippen molar-refractivity contribution in [2.24, 2.45) is 0 Å². The highest BCUT2D eigenvalue weighted by Crippen LogP contribution is 2.54. The van der Waals surface area contributed by atoms with E-state index in [1.165, 1.54) is 0 Å². The summed E-state index contributed by atoms with van der Waals surface area (Å²) in [5.74, 6) is 1.18. The number of aliphatic carboxylic acids is 1. The Labute approximate surface area is 224 Å². The van der Waals surface area contributed by atoms with Crippen LogP contribution < -0.4 is 10.1 Å². The molecule has 3 aromatic rings. The van der Waals surface area contributed by atoms with Crippen LogP contribution in [0.2, 0.25) is 0 Å². The molecule has 210 valence electrons. The number of hydrogen-bond acceptors (Lipinski definition) is 6. The van der Waals surface area contributed by atoms with E-state index in [0.717, 1.165) is 22.3 Å². The van der Waals surface area contributed by atoms with E-state index in [9.17, 15) is 14.7 Å². The van der Waals surface area contributed by atoms with Gasteiger partial charge in [0.15, 0.2) is 0 Å². The second-order valence-corrected chi connectivity index (χ2v) is 20.9. The number of fused-ring (bicyclic) bond motifs is 1. The summed E-state index contributed by atoms with van der Waals surface area (Å²) in [5, 5.41) is 12.8. The van der Waals surface area contributed by atoms with E-state index >= 15 is 0 Å². The summed E-state index contributed by atoms with van der Waals surface area (Å²) in [6.07, 6.45) is 12.3. The number of carbonyl (C=O) groups excluding carboxylic acids is 1. The van der Waals surface area contributed by atoms with Gasteiger partial charge in [0.05, 0.1) is 12.0 Å². The number of ether oxygens (including phenoxy) is 3. The zero-order valence-corrected chi connectivity index (χ0v) is 24.2. The summed E-state index contributed by atoms with van der Waals surface area (Å²) < 4.78 is 19.2. The zero-order chi connectivity index (χ0) is 28.2. The minimum absolute atomic E-state index is 0.104. The lowest BCUT2D eigenvalue weighted by molar-refractivity contribution is -0.139. The molecule has 0 radical (unpaired) electrons. The fraction of sp³-hybridized carbons (Fsp3) is 0.464. The Balaban J connectivity index is 1.63. The van der Waals surface area contributed by atoms with E-state index < -0.39 is 32.9 Å². The molecule has 0 spiro atoms. The third kappa shape index (κ3) is 9.25. The van der Waals surface area contributed by atoms with Crippen LogP contribution in [-0.4, -0.2) is 75.7 Å². The van der Waals surface area contributed by atoms with Crippen molar-refractivity contribution in [2.45, 2.75) is 45.6 Å². The molecular formula is C28H41N3O6S. The van der Waals surface area contributed by atoms with Gasteiger partial charge in [-0.05, 0) is 81.4 Å². The molecule has 2 heterocycles. The van der Waals surface area contributed by atoms with Crippen molar-refractivity contribution >= 4 is 32.3 Å². The van der Waals surface area contributed by atoms with Crippen molar-refractivity contribution in [1.29, 1.82) is 0 Å². The Hall–Kier alpha value is -3.24. The lowest BCUT2D eigenvalue weighted by Crippen LogP contribution is -2.44. The fourth-order valence-corrected chi connectivity index (χ4v) is 4.42. The number of nitrogens with zero attached hydrogens (tertiary/aromatic N) is 2. The van der Waals surface area contributed by atoms with Crippen molar-refractivity contribution in [3.05, 3.63) is 54.4 Å². The Kier molecular flexibility index (Phi) is 8.68. The molecule has 38 heavy (non-hydrogen) atoms. The number of alkyl carbamates (subject to hydrolysis) is 1. The predicted molar refractivity (Wildman–Crippen MR) is 154 cm³/mol. The number of pyridine rings is 1. The Bertz CT molecular complexity index is 1260. The maximum atomic E-state index is 12.0. The van der Waals surface area contributed by atoms with Crippen LogP contribution in [0.5, 0.6) is 11.5 Å². The van der Waals surface area contributed by atoms with Crippen LogP contribution in [0, 0.1) is 0 Å². The summed E-state index contributed by atoms with van der Waals surface area (Å²) in [7, 11) is -1.60. The maximum absolute atomic E-state index is 12.0. The van der Waals surface area contributed by atoms with Crippen molar-refractivity contribution in [2.75, 3.05) is 37.4 Å². The topological polar surface area (TPSA) is 112 Å². The molecule has 0 saturated carbocycles. The molecule has 0 bridgehead atoms. The molecular weight excluding hydrogens is 506 g/mol. The number of carboxylic acids is 1. The monoisotopic (exact) mass is 547 g/mol. The van der Waals surface area contributed by atoms with Crippen molar-refractivity contribution in [3.8, 4) is 11.5 Å². The van der Waals surface area contributed by atoms with E-state index in [-0.39, 0.29) is 6.42 Å². The van der Waals surface area contributed by atoms with Gasteiger partial charge in [-0.15, -0.1) is 0 Å². The SMILES string of the molecule is CC(C)(C)OC(=O)NC(Cc1ccc(Oc2ccnc3c2ccn3COCC[SH](C)(C)(C)C)cc1)C(=O)O. The van der Waals surface area contributed by atoms with Gasteiger partial charge in [-0.2, -0.15) is 0 Å². The number of rotatable bonds is 11. The van der Waals surface area contributed by atoms with Gasteiger partial charge in [-0.25, -0.2) is 14.6 Å². The number of thiol groups is 1. The molecule has 2 N–H and O–H groups in total. The quantitative estimate of drug-likeness (QED) is 0.231. The lowest BCUT2D eigenvalue weighted by atomic mass is 10.1. The van der Waals surface area contributed by atoms with Gasteiger partial charge < -0.3 is 29.2 Å². The molecule has 1 aromatic carbocycles. The first-order chi connectivity index (χ1) is 17.6. The third-order valence-electron chi connectivity index (χ3n) is 5.56. The highest BCUT2D eigenvalue weighted by atomic mass is 32.3. The second-order valence-electron chi connectivity index (χ2n) is 12.5. The van der Waals surface area contributed by atoms with Crippen LogP contribution in [0.3, 0.4) is 0 Å². The number of carboxylic acid groups (broad SMARTS) is 1. The Morgan fingerprint density at radius 1 is 1.08 bits per heavy atom. The molecule has 1 atom stereocenters. The van der Waals surface area contributed by atoms with Gasteiger partial charge in [0.2, 0.25) is 0 Å².